The van der Waals surface area contributed by atoms with Gasteiger partial charge in [0.15, 0.2) is 12.4 Å². The van der Waals surface area contributed by atoms with Crippen molar-refractivity contribution in [2.75, 3.05) is 13.1 Å². The molecule has 14 heteroatoms. The van der Waals surface area contributed by atoms with Gasteiger partial charge >= 0.3 is 6.09 Å². The summed E-state index contributed by atoms with van der Waals surface area (Å²) in [7, 11) is 0. The van der Waals surface area contributed by atoms with E-state index in [0.717, 1.165) is 5.69 Å². The van der Waals surface area contributed by atoms with Crippen molar-refractivity contribution in [3.05, 3.63) is 18.2 Å². The summed E-state index contributed by atoms with van der Waals surface area (Å²) in [6.45, 7) is 0.167. The third-order valence-electron chi connectivity index (χ3n) is 5.80. The molecule has 1 aromatic rings. The van der Waals surface area contributed by atoms with Crippen LogP contribution in [0.3, 0.4) is 0 Å². The number of rotatable bonds is 7. The molecule has 3 rings (SSSR count). The van der Waals surface area contributed by atoms with E-state index in [0.29, 0.717) is 6.42 Å². The minimum atomic E-state index is -1.36. The largest absolute Gasteiger partial charge is 0.441 e. The number of carbonyl (C=O) groups is 1. The highest BCUT2D eigenvalue weighted by atomic mass is 16.7. The van der Waals surface area contributed by atoms with Crippen LogP contribution >= 0.6 is 0 Å². The highest BCUT2D eigenvalue weighted by Crippen LogP contribution is 2.28. The van der Waals surface area contributed by atoms with Crippen LogP contribution in [0.25, 0.3) is 0 Å². The Balaban J connectivity index is 1.65. The summed E-state index contributed by atoms with van der Waals surface area (Å²) in [5.74, 6) is 0. The van der Waals surface area contributed by atoms with Crippen LogP contribution in [0.1, 0.15) is 12.1 Å². The Morgan fingerprint density at radius 1 is 1.19 bits per heavy atom. The number of aromatic nitrogens is 2. The third-order valence-corrected chi connectivity index (χ3v) is 5.80. The van der Waals surface area contributed by atoms with Crippen molar-refractivity contribution in [2.24, 2.45) is 22.9 Å². The molecule has 13 N–H and O–H groups in total. The summed E-state index contributed by atoms with van der Waals surface area (Å²) >= 11 is 0. The summed E-state index contributed by atoms with van der Waals surface area (Å²) in [6.07, 6.45) is -5.29. The van der Waals surface area contributed by atoms with Crippen LogP contribution in [0.15, 0.2) is 12.5 Å². The van der Waals surface area contributed by atoms with E-state index >= 15 is 0 Å². The van der Waals surface area contributed by atoms with E-state index in [2.05, 4.69) is 15.3 Å². The second kappa shape index (κ2) is 10.8. The molecule has 0 unspecified atom stereocenters. The number of nitrogens with one attached hydrogen (secondary N) is 2. The molecule has 0 radical (unpaired) electrons. The standard InChI is InChI=1S/C18H33N7O7/c19-4-10-13(27)14(28)11(22)17(30-10)31-15-9(21)3-8(20)12(26)16(15)32-18(29)24-2-1-7-5-23-6-25-7/h5-6,8-17,26-28H,1-4,19-22H2,(H,23,25)(H,24,29)/t8-,9-,10+,11+,12-,13+,14+,15+,16+,17+/m0/s1. The molecule has 2 aliphatic rings. The number of hydrogen-bond donors (Lipinski definition) is 9. The molecule has 1 amide bonds. The number of nitrogens with zero attached hydrogens (tertiary/aromatic N) is 1. The first-order chi connectivity index (χ1) is 15.2. The Kier molecular flexibility index (Phi) is 8.37. The molecule has 14 nitrogen and oxygen atoms in total. The van der Waals surface area contributed by atoms with E-state index in [4.69, 9.17) is 37.1 Å². The van der Waals surface area contributed by atoms with Gasteiger partial charge in [0.05, 0.1) is 12.4 Å². The second-order valence-electron chi connectivity index (χ2n) is 8.12. The van der Waals surface area contributed by atoms with E-state index in [9.17, 15) is 20.1 Å². The Morgan fingerprint density at radius 3 is 2.59 bits per heavy atom. The number of imidazole rings is 1. The normalized spacial score (nSPS) is 40.1. The summed E-state index contributed by atoms with van der Waals surface area (Å²) in [4.78, 5) is 19.1. The number of H-pyrrole nitrogens is 1. The highest BCUT2D eigenvalue weighted by Gasteiger charge is 2.49. The van der Waals surface area contributed by atoms with E-state index in [1.54, 1.807) is 6.20 Å². The van der Waals surface area contributed by atoms with E-state index in [1.807, 2.05) is 0 Å². The minimum Gasteiger partial charge on any atom is -0.441 e. The first-order valence-corrected chi connectivity index (χ1v) is 10.5. The van der Waals surface area contributed by atoms with Gasteiger partial charge in [0.1, 0.15) is 30.5 Å². The number of aliphatic hydroxyl groups is 3. The van der Waals surface area contributed by atoms with Crippen molar-refractivity contribution in [3.8, 4) is 0 Å². The van der Waals surface area contributed by atoms with Crippen molar-refractivity contribution >= 4 is 6.09 Å². The van der Waals surface area contributed by atoms with E-state index < -0.39 is 67.1 Å². The lowest BCUT2D eigenvalue weighted by Gasteiger charge is -2.46. The van der Waals surface area contributed by atoms with Gasteiger partial charge in [0.2, 0.25) is 0 Å². The lowest BCUT2D eigenvalue weighted by molar-refractivity contribution is -0.287. The van der Waals surface area contributed by atoms with Crippen molar-refractivity contribution in [3.63, 3.8) is 0 Å². The van der Waals surface area contributed by atoms with Gasteiger partial charge in [0, 0.05) is 43.5 Å². The van der Waals surface area contributed by atoms with Gasteiger partial charge in [-0.05, 0) is 6.42 Å². The van der Waals surface area contributed by atoms with Gasteiger partial charge in [-0.15, -0.1) is 0 Å². The Hall–Kier alpha value is -1.88. The molecule has 0 aromatic carbocycles. The Bertz CT molecular complexity index is 725. The number of aromatic amines is 1. The lowest BCUT2D eigenvalue weighted by Crippen LogP contribution is -2.68. The van der Waals surface area contributed by atoms with Crippen molar-refractivity contribution in [2.45, 2.75) is 73.9 Å². The molecule has 1 aromatic heterocycles. The maximum atomic E-state index is 12.3. The van der Waals surface area contributed by atoms with Crippen LogP contribution in [0, 0.1) is 0 Å². The zero-order valence-electron chi connectivity index (χ0n) is 17.5. The molecule has 0 bridgehead atoms. The average molecular weight is 460 g/mol. The fourth-order valence-electron chi connectivity index (χ4n) is 3.90. The SMILES string of the molecule is NC[C@H]1O[C@H](O[C@H]2[C@H](OC(=O)NCCc3cnc[nH]3)[C@@H](O)[C@@H](N)C[C@@H]2N)[C@H](N)[C@@H](O)[C@@H]1O. The number of nitrogens with two attached hydrogens (primary N) is 4. The number of alkyl carbamates (subject to hydrolysis) is 1. The molecule has 2 fully saturated rings. The van der Waals surface area contributed by atoms with Gasteiger partial charge in [-0.3, -0.25) is 0 Å². The van der Waals surface area contributed by atoms with Crippen LogP contribution in [0.4, 0.5) is 4.79 Å². The minimum absolute atomic E-state index is 0.0896. The van der Waals surface area contributed by atoms with Gasteiger partial charge in [0.25, 0.3) is 0 Å². The van der Waals surface area contributed by atoms with Crippen LogP contribution in [0.2, 0.25) is 0 Å². The summed E-state index contributed by atoms with van der Waals surface area (Å²) in [5.41, 5.74) is 24.5. The average Bonchev–Trinajstić information content (AvgIpc) is 3.28. The van der Waals surface area contributed by atoms with Crippen molar-refractivity contribution in [1.82, 2.24) is 15.3 Å². The van der Waals surface area contributed by atoms with Crippen LogP contribution in [0.5, 0.6) is 0 Å². The van der Waals surface area contributed by atoms with Crippen LogP contribution in [-0.4, -0.2) is 106 Å². The predicted octanol–water partition coefficient (Wildman–Crippen LogP) is -4.42. The molecule has 2 heterocycles. The molecule has 1 saturated heterocycles. The van der Waals surface area contributed by atoms with Crippen LogP contribution < -0.4 is 28.3 Å². The summed E-state index contributed by atoms with van der Waals surface area (Å²) in [6, 6.07) is -2.61. The molecule has 32 heavy (non-hydrogen) atoms. The first-order valence-electron chi connectivity index (χ1n) is 10.5. The molecule has 0 spiro atoms. The van der Waals surface area contributed by atoms with Crippen molar-refractivity contribution in [1.29, 1.82) is 0 Å². The number of ether oxygens (including phenoxy) is 3. The summed E-state index contributed by atoms with van der Waals surface area (Å²) in [5, 5.41) is 33.4. The smallest absolute Gasteiger partial charge is 0.407 e. The third kappa shape index (κ3) is 5.54. The van der Waals surface area contributed by atoms with E-state index in [-0.39, 0.29) is 19.5 Å². The zero-order chi connectivity index (χ0) is 23.4. The van der Waals surface area contributed by atoms with E-state index in [1.165, 1.54) is 6.33 Å². The highest BCUT2D eigenvalue weighted by molar-refractivity contribution is 5.67. The van der Waals surface area contributed by atoms with Crippen LogP contribution in [-0.2, 0) is 20.6 Å². The van der Waals surface area contributed by atoms with Gasteiger partial charge in [-0.25, -0.2) is 9.78 Å². The molecular formula is C18H33N7O7. The Labute approximate surface area is 184 Å². The molecule has 182 valence electrons. The predicted molar refractivity (Wildman–Crippen MR) is 110 cm³/mol. The second-order valence-corrected chi connectivity index (χ2v) is 8.12. The fraction of sp³-hybridized carbons (Fsp3) is 0.778. The Morgan fingerprint density at radius 2 is 1.94 bits per heavy atom. The number of carbonyl (C=O) groups excluding carboxylic acids is 1. The number of aliphatic hydroxyl groups excluding tert-OH is 3. The molecular weight excluding hydrogens is 426 g/mol. The molecule has 1 saturated carbocycles. The number of hydrogen-bond acceptors (Lipinski definition) is 12. The first kappa shape index (κ1) is 24.8. The van der Waals surface area contributed by atoms with Gasteiger partial charge in [-0.1, -0.05) is 0 Å². The van der Waals surface area contributed by atoms with Gasteiger partial charge < -0.3 is 62.8 Å². The lowest BCUT2D eigenvalue weighted by atomic mass is 9.84. The topological polar surface area (TPSA) is 250 Å². The quantitative estimate of drug-likeness (QED) is 0.187. The fourth-order valence-corrected chi connectivity index (χ4v) is 3.90. The molecule has 1 aliphatic heterocycles. The summed E-state index contributed by atoms with van der Waals surface area (Å²) < 4.78 is 16.9. The maximum Gasteiger partial charge on any atom is 0.407 e. The zero-order valence-corrected chi connectivity index (χ0v) is 17.5. The maximum absolute atomic E-state index is 12.3. The molecule has 1 aliphatic carbocycles. The van der Waals surface area contributed by atoms with Gasteiger partial charge in [-0.2, -0.15) is 0 Å². The molecule has 10 atom stereocenters. The van der Waals surface area contributed by atoms with Crippen molar-refractivity contribution < 1.29 is 34.3 Å². The number of amides is 1. The monoisotopic (exact) mass is 459 g/mol.